The Kier molecular flexibility index (Phi) is 13.8. The van der Waals surface area contributed by atoms with Gasteiger partial charge in [-0.15, -0.1) is 0 Å². The van der Waals surface area contributed by atoms with Crippen LogP contribution in [0.25, 0.3) is 0 Å². The monoisotopic (exact) mass is 537 g/mol. The van der Waals surface area contributed by atoms with Crippen LogP contribution in [-0.4, -0.2) is 75.7 Å². The zero-order valence-electron chi connectivity index (χ0n) is 21.7. The Labute approximate surface area is 221 Å². The van der Waals surface area contributed by atoms with E-state index < -0.39 is 60.2 Å². The van der Waals surface area contributed by atoms with Crippen LogP contribution in [0, 0.1) is 5.92 Å². The molecule has 0 saturated heterocycles. The molecule has 5 atom stereocenters. The lowest BCUT2D eigenvalue weighted by atomic mass is 9.97. The highest BCUT2D eigenvalue weighted by molar-refractivity contribution is 5.95. The molecule has 0 aromatic heterocycles. The zero-order chi connectivity index (χ0) is 28.8. The van der Waals surface area contributed by atoms with Gasteiger partial charge in [-0.3, -0.25) is 19.2 Å². The third kappa shape index (κ3) is 11.1. The van der Waals surface area contributed by atoms with E-state index in [2.05, 4.69) is 16.0 Å². The van der Waals surface area contributed by atoms with Crippen molar-refractivity contribution in [3.8, 4) is 5.75 Å². The van der Waals surface area contributed by atoms with Gasteiger partial charge in [0.25, 0.3) is 0 Å². The van der Waals surface area contributed by atoms with Crippen molar-refractivity contribution in [2.45, 2.75) is 76.5 Å². The second kappa shape index (κ2) is 16.2. The number of rotatable bonds is 17. The summed E-state index contributed by atoms with van der Waals surface area (Å²) < 4.78 is 0. The molecule has 10 N–H and O–H groups in total. The van der Waals surface area contributed by atoms with Crippen molar-refractivity contribution in [1.82, 2.24) is 16.0 Å². The van der Waals surface area contributed by atoms with Gasteiger partial charge in [-0.2, -0.15) is 0 Å². The van der Waals surface area contributed by atoms with Crippen LogP contribution in [0.3, 0.4) is 0 Å². The highest BCUT2D eigenvalue weighted by Gasteiger charge is 2.33. The second-order valence-corrected chi connectivity index (χ2v) is 9.19. The molecular formula is C25H39N5O8. The summed E-state index contributed by atoms with van der Waals surface area (Å²) in [6.07, 6.45) is 1.18. The minimum absolute atomic E-state index is 0.0200. The maximum atomic E-state index is 13.1. The number of benzene rings is 1. The first kappa shape index (κ1) is 32.3. The number of unbranched alkanes of at least 4 members (excludes halogenated alkanes) is 1. The second-order valence-electron chi connectivity index (χ2n) is 9.19. The Balaban J connectivity index is 3.00. The number of carbonyl (C=O) groups is 5. The molecule has 13 nitrogen and oxygen atoms in total. The van der Waals surface area contributed by atoms with E-state index in [9.17, 15) is 39.3 Å². The van der Waals surface area contributed by atoms with Crippen molar-refractivity contribution in [3.63, 3.8) is 0 Å². The highest BCUT2D eigenvalue weighted by Crippen LogP contribution is 2.13. The number of aliphatic carboxylic acids is 2. The number of aromatic hydroxyl groups is 1. The van der Waals surface area contributed by atoms with Gasteiger partial charge in [-0.25, -0.2) is 4.79 Å². The van der Waals surface area contributed by atoms with Gasteiger partial charge in [0.15, 0.2) is 0 Å². The summed E-state index contributed by atoms with van der Waals surface area (Å²) in [5.74, 6) is -5.56. The van der Waals surface area contributed by atoms with E-state index in [1.165, 1.54) is 24.3 Å². The van der Waals surface area contributed by atoms with Gasteiger partial charge in [0.2, 0.25) is 17.7 Å². The molecular weight excluding hydrogens is 498 g/mol. The Bertz CT molecular complexity index is 956. The SMILES string of the molecule is CCC(C)C(NC(=O)C(N)CCCCN)C(=O)NC(CC(=O)O)C(=O)NC(Cc1ccc(O)cc1)C(=O)O. The Morgan fingerprint density at radius 3 is 2.03 bits per heavy atom. The first-order valence-corrected chi connectivity index (χ1v) is 12.5. The number of nitrogens with two attached hydrogens (primary N) is 2. The van der Waals surface area contributed by atoms with Crippen molar-refractivity contribution in [2.24, 2.45) is 17.4 Å². The van der Waals surface area contributed by atoms with Crippen LogP contribution in [0.15, 0.2) is 24.3 Å². The van der Waals surface area contributed by atoms with Crippen LogP contribution in [0.2, 0.25) is 0 Å². The Morgan fingerprint density at radius 1 is 0.895 bits per heavy atom. The fourth-order valence-electron chi connectivity index (χ4n) is 3.59. The molecule has 212 valence electrons. The van der Waals surface area contributed by atoms with E-state index in [-0.39, 0.29) is 18.1 Å². The van der Waals surface area contributed by atoms with Crippen molar-refractivity contribution in [3.05, 3.63) is 29.8 Å². The Morgan fingerprint density at radius 2 is 1.50 bits per heavy atom. The summed E-state index contributed by atoms with van der Waals surface area (Å²) >= 11 is 0. The smallest absolute Gasteiger partial charge is 0.326 e. The topological polar surface area (TPSA) is 234 Å². The lowest BCUT2D eigenvalue weighted by Crippen LogP contribution is -2.59. The molecule has 0 aliphatic rings. The molecule has 0 spiro atoms. The first-order valence-electron chi connectivity index (χ1n) is 12.5. The third-order valence-electron chi connectivity index (χ3n) is 6.10. The number of nitrogens with one attached hydrogen (secondary N) is 3. The van der Waals surface area contributed by atoms with Crippen molar-refractivity contribution >= 4 is 29.7 Å². The molecule has 0 aliphatic carbocycles. The third-order valence-corrected chi connectivity index (χ3v) is 6.10. The van der Waals surface area contributed by atoms with E-state index >= 15 is 0 Å². The van der Waals surface area contributed by atoms with Crippen LogP contribution in [-0.2, 0) is 30.4 Å². The van der Waals surface area contributed by atoms with Crippen LogP contribution in [0.5, 0.6) is 5.75 Å². The quantitative estimate of drug-likeness (QED) is 0.118. The van der Waals surface area contributed by atoms with E-state index in [1.807, 2.05) is 0 Å². The maximum absolute atomic E-state index is 13.1. The molecule has 13 heteroatoms. The highest BCUT2D eigenvalue weighted by atomic mass is 16.4. The predicted molar refractivity (Wildman–Crippen MR) is 138 cm³/mol. The molecule has 0 radical (unpaired) electrons. The first-order chi connectivity index (χ1) is 17.9. The van der Waals surface area contributed by atoms with E-state index in [4.69, 9.17) is 11.5 Å². The minimum Gasteiger partial charge on any atom is -0.508 e. The summed E-state index contributed by atoms with van der Waals surface area (Å²) in [7, 11) is 0. The lowest BCUT2D eigenvalue weighted by molar-refractivity contribution is -0.143. The molecule has 1 aromatic rings. The number of phenols is 1. The molecule has 3 amide bonds. The average molecular weight is 538 g/mol. The fraction of sp³-hybridized carbons (Fsp3) is 0.560. The van der Waals surface area contributed by atoms with Gasteiger partial charge in [-0.05, 0) is 43.0 Å². The van der Waals surface area contributed by atoms with Gasteiger partial charge >= 0.3 is 11.9 Å². The number of hydrogen-bond donors (Lipinski definition) is 8. The number of hydrogen-bond acceptors (Lipinski definition) is 8. The number of phenolic OH excluding ortho intramolecular Hbond substituents is 1. The standard InChI is InChI=1S/C25H39N5O8/c1-3-14(2)21(30-22(34)17(27)6-4-5-11-26)24(36)28-18(13-20(32)33)23(35)29-19(25(37)38)12-15-7-9-16(31)10-8-15/h7-10,14,17-19,21,31H,3-6,11-13,26-27H2,1-2H3,(H,28,36)(H,29,35)(H,30,34)(H,32,33)(H,37,38). The van der Waals surface area contributed by atoms with E-state index in [1.54, 1.807) is 13.8 Å². The number of carboxylic acids is 2. The summed E-state index contributed by atoms with van der Waals surface area (Å²) in [4.78, 5) is 61.8. The zero-order valence-corrected chi connectivity index (χ0v) is 21.7. The fourth-order valence-corrected chi connectivity index (χ4v) is 3.59. The van der Waals surface area contributed by atoms with Gasteiger partial charge in [0.1, 0.15) is 23.9 Å². The normalized spacial score (nSPS) is 14.8. The molecule has 1 rings (SSSR count). The van der Waals surface area contributed by atoms with Gasteiger partial charge < -0.3 is 42.7 Å². The number of carbonyl (C=O) groups excluding carboxylic acids is 3. The Hall–Kier alpha value is -3.71. The maximum Gasteiger partial charge on any atom is 0.326 e. The van der Waals surface area contributed by atoms with Gasteiger partial charge in [0, 0.05) is 6.42 Å². The molecule has 0 fully saturated rings. The molecule has 0 heterocycles. The predicted octanol–water partition coefficient (Wildman–Crippen LogP) is -0.549. The number of carboxylic acid groups (broad SMARTS) is 2. The summed E-state index contributed by atoms with van der Waals surface area (Å²) in [6, 6.07) is 0.649. The van der Waals surface area contributed by atoms with Crippen LogP contribution in [0.4, 0.5) is 0 Å². The van der Waals surface area contributed by atoms with E-state index in [0.717, 1.165) is 0 Å². The van der Waals surface area contributed by atoms with E-state index in [0.29, 0.717) is 37.8 Å². The largest absolute Gasteiger partial charge is 0.508 e. The van der Waals surface area contributed by atoms with Crippen molar-refractivity contribution in [2.75, 3.05) is 6.54 Å². The molecule has 0 saturated carbocycles. The van der Waals surface area contributed by atoms with Gasteiger partial charge in [0.05, 0.1) is 12.5 Å². The summed E-state index contributed by atoms with van der Waals surface area (Å²) in [5.41, 5.74) is 11.9. The lowest BCUT2D eigenvalue weighted by Gasteiger charge is -2.27. The summed E-state index contributed by atoms with van der Waals surface area (Å²) in [6.45, 7) is 3.95. The minimum atomic E-state index is -1.61. The molecule has 5 unspecified atom stereocenters. The molecule has 1 aromatic carbocycles. The van der Waals surface area contributed by atoms with Crippen molar-refractivity contribution < 1.29 is 39.3 Å². The average Bonchev–Trinajstić information content (AvgIpc) is 2.86. The summed E-state index contributed by atoms with van der Waals surface area (Å²) in [5, 5.41) is 35.5. The molecule has 38 heavy (non-hydrogen) atoms. The van der Waals surface area contributed by atoms with Crippen LogP contribution < -0.4 is 27.4 Å². The van der Waals surface area contributed by atoms with Crippen LogP contribution in [0.1, 0.15) is 51.5 Å². The molecule has 0 bridgehead atoms. The van der Waals surface area contributed by atoms with Crippen molar-refractivity contribution in [1.29, 1.82) is 0 Å². The molecule has 0 aliphatic heterocycles. The van der Waals surface area contributed by atoms with Gasteiger partial charge in [-0.1, -0.05) is 38.8 Å². The van der Waals surface area contributed by atoms with Crippen LogP contribution >= 0.6 is 0 Å². The number of amides is 3.